The van der Waals surface area contributed by atoms with Crippen LogP contribution in [0.3, 0.4) is 0 Å². The quantitative estimate of drug-likeness (QED) is 0.335. The molecule has 0 spiro atoms. The third kappa shape index (κ3) is 1.95. The molecule has 5 aromatic rings. The van der Waals surface area contributed by atoms with Gasteiger partial charge in [0.15, 0.2) is 0 Å². The van der Waals surface area contributed by atoms with Gasteiger partial charge in [0.05, 0.1) is 0 Å². The Bertz CT molecular complexity index is 1210. The molecule has 0 bridgehead atoms. The van der Waals surface area contributed by atoms with Gasteiger partial charge in [0.1, 0.15) is 11.2 Å². The number of aryl methyl sites for hydroxylation is 1. The fourth-order valence-corrected chi connectivity index (χ4v) is 3.55. The molecule has 1 heterocycles. The Labute approximate surface area is 140 Å². The van der Waals surface area contributed by atoms with Crippen molar-refractivity contribution in [3.05, 3.63) is 84.4 Å². The Morgan fingerprint density at radius 3 is 2.33 bits per heavy atom. The van der Waals surface area contributed by atoms with Gasteiger partial charge in [-0.15, -0.1) is 0 Å². The molecule has 114 valence electrons. The minimum Gasteiger partial charge on any atom is -0.456 e. The zero-order chi connectivity index (χ0) is 16.1. The number of rotatable bonds is 1. The Kier molecular flexibility index (Phi) is 2.77. The second kappa shape index (κ2) is 4.97. The molecule has 0 aliphatic rings. The standard InChI is InChI=1S/C23H16O/c1-15-5-4-8-21-23(15)20-12-11-19(14-22(20)24-21)18-10-9-16-6-2-3-7-17(16)13-18/h2-14H,1H3. The smallest absolute Gasteiger partial charge is 0.136 e. The summed E-state index contributed by atoms with van der Waals surface area (Å²) in [5.41, 5.74) is 5.56. The SMILES string of the molecule is Cc1cccc2oc3cc(-c4ccc5ccccc5c4)ccc3c12. The molecule has 0 atom stereocenters. The highest BCUT2D eigenvalue weighted by atomic mass is 16.3. The molecule has 1 heteroatoms. The summed E-state index contributed by atoms with van der Waals surface area (Å²) in [4.78, 5) is 0. The lowest BCUT2D eigenvalue weighted by Gasteiger charge is -2.04. The number of furan rings is 1. The highest BCUT2D eigenvalue weighted by Crippen LogP contribution is 2.34. The van der Waals surface area contributed by atoms with Gasteiger partial charge in [0, 0.05) is 10.8 Å². The van der Waals surface area contributed by atoms with Gasteiger partial charge in [0.2, 0.25) is 0 Å². The van der Waals surface area contributed by atoms with Crippen LogP contribution in [0.1, 0.15) is 5.56 Å². The van der Waals surface area contributed by atoms with E-state index < -0.39 is 0 Å². The van der Waals surface area contributed by atoms with Crippen LogP contribution in [-0.4, -0.2) is 0 Å². The summed E-state index contributed by atoms with van der Waals surface area (Å²) in [7, 11) is 0. The monoisotopic (exact) mass is 308 g/mol. The topological polar surface area (TPSA) is 13.1 Å². The normalized spacial score (nSPS) is 11.5. The number of fused-ring (bicyclic) bond motifs is 4. The van der Waals surface area contributed by atoms with Crippen LogP contribution in [0.5, 0.6) is 0 Å². The first-order valence-corrected chi connectivity index (χ1v) is 8.21. The molecule has 0 N–H and O–H groups in total. The number of hydrogen-bond donors (Lipinski definition) is 0. The molecule has 0 unspecified atom stereocenters. The van der Waals surface area contributed by atoms with Crippen LogP contribution in [0, 0.1) is 6.92 Å². The third-order valence-electron chi connectivity index (χ3n) is 4.79. The Morgan fingerprint density at radius 1 is 0.625 bits per heavy atom. The first-order valence-electron chi connectivity index (χ1n) is 8.21. The van der Waals surface area contributed by atoms with Gasteiger partial charge >= 0.3 is 0 Å². The molecule has 0 fully saturated rings. The van der Waals surface area contributed by atoms with Crippen molar-refractivity contribution in [2.75, 3.05) is 0 Å². The molecular formula is C23H16O. The van der Waals surface area contributed by atoms with E-state index in [1.54, 1.807) is 0 Å². The Morgan fingerprint density at radius 2 is 1.42 bits per heavy atom. The molecule has 0 radical (unpaired) electrons. The second-order valence-electron chi connectivity index (χ2n) is 6.32. The first-order chi connectivity index (χ1) is 11.8. The summed E-state index contributed by atoms with van der Waals surface area (Å²) in [6, 6.07) is 27.8. The molecule has 0 aliphatic heterocycles. The summed E-state index contributed by atoms with van der Waals surface area (Å²) in [6.07, 6.45) is 0. The average Bonchev–Trinajstić information content (AvgIpc) is 3.00. The van der Waals surface area contributed by atoms with Crippen LogP contribution < -0.4 is 0 Å². The molecule has 1 aromatic heterocycles. The van der Waals surface area contributed by atoms with Crippen LogP contribution in [0.15, 0.2) is 83.3 Å². The summed E-state index contributed by atoms with van der Waals surface area (Å²) in [5, 5.41) is 4.93. The van der Waals surface area contributed by atoms with Crippen molar-refractivity contribution in [2.45, 2.75) is 6.92 Å². The first kappa shape index (κ1) is 13.4. The highest BCUT2D eigenvalue weighted by molar-refractivity contribution is 6.07. The molecule has 4 aromatic carbocycles. The van der Waals surface area contributed by atoms with Gasteiger partial charge in [-0.3, -0.25) is 0 Å². The van der Waals surface area contributed by atoms with Crippen molar-refractivity contribution in [1.82, 2.24) is 0 Å². The molecule has 5 rings (SSSR count). The summed E-state index contributed by atoms with van der Waals surface area (Å²) in [5.74, 6) is 0. The van der Waals surface area contributed by atoms with Crippen molar-refractivity contribution < 1.29 is 4.42 Å². The summed E-state index contributed by atoms with van der Waals surface area (Å²) < 4.78 is 6.08. The van der Waals surface area contributed by atoms with E-state index in [4.69, 9.17) is 4.42 Å². The van der Waals surface area contributed by atoms with E-state index in [9.17, 15) is 0 Å². The lowest BCUT2D eigenvalue weighted by Crippen LogP contribution is -1.79. The minimum atomic E-state index is 0.949. The molecular weight excluding hydrogens is 292 g/mol. The summed E-state index contributed by atoms with van der Waals surface area (Å²) in [6.45, 7) is 2.13. The van der Waals surface area contributed by atoms with Gasteiger partial charge in [-0.1, -0.05) is 54.6 Å². The largest absolute Gasteiger partial charge is 0.456 e. The van der Waals surface area contributed by atoms with E-state index >= 15 is 0 Å². The van der Waals surface area contributed by atoms with Crippen molar-refractivity contribution in [1.29, 1.82) is 0 Å². The molecule has 1 nitrogen and oxygen atoms in total. The van der Waals surface area contributed by atoms with Crippen LogP contribution in [-0.2, 0) is 0 Å². The predicted octanol–water partition coefficient (Wildman–Crippen LogP) is 6.71. The lowest BCUT2D eigenvalue weighted by molar-refractivity contribution is 0.669. The lowest BCUT2D eigenvalue weighted by atomic mass is 9.99. The van der Waals surface area contributed by atoms with Crippen molar-refractivity contribution >= 4 is 32.7 Å². The maximum Gasteiger partial charge on any atom is 0.136 e. The van der Waals surface area contributed by atoms with Gasteiger partial charge in [0.25, 0.3) is 0 Å². The van der Waals surface area contributed by atoms with Crippen molar-refractivity contribution in [3.8, 4) is 11.1 Å². The van der Waals surface area contributed by atoms with E-state index in [2.05, 4.69) is 73.7 Å². The van der Waals surface area contributed by atoms with Crippen molar-refractivity contribution in [2.24, 2.45) is 0 Å². The molecule has 0 saturated heterocycles. The maximum absolute atomic E-state index is 6.08. The van der Waals surface area contributed by atoms with E-state index in [0.29, 0.717) is 0 Å². The van der Waals surface area contributed by atoms with Gasteiger partial charge in [-0.2, -0.15) is 0 Å². The molecule has 0 amide bonds. The Hall–Kier alpha value is -3.06. The number of hydrogen-bond acceptors (Lipinski definition) is 1. The predicted molar refractivity (Wildman–Crippen MR) is 101 cm³/mol. The Balaban J connectivity index is 1.74. The molecule has 0 aliphatic carbocycles. The van der Waals surface area contributed by atoms with Crippen LogP contribution >= 0.6 is 0 Å². The number of benzene rings is 4. The maximum atomic E-state index is 6.08. The van der Waals surface area contributed by atoms with Crippen LogP contribution in [0.2, 0.25) is 0 Å². The minimum absolute atomic E-state index is 0.949. The third-order valence-corrected chi connectivity index (χ3v) is 4.79. The van der Waals surface area contributed by atoms with Crippen LogP contribution in [0.25, 0.3) is 43.8 Å². The van der Waals surface area contributed by atoms with Gasteiger partial charge in [-0.25, -0.2) is 0 Å². The van der Waals surface area contributed by atoms with E-state index in [0.717, 1.165) is 11.2 Å². The fraction of sp³-hybridized carbons (Fsp3) is 0.0435. The van der Waals surface area contributed by atoms with E-state index in [1.165, 1.54) is 38.2 Å². The van der Waals surface area contributed by atoms with Gasteiger partial charge in [-0.05, 0) is 58.7 Å². The van der Waals surface area contributed by atoms with Gasteiger partial charge < -0.3 is 4.42 Å². The summed E-state index contributed by atoms with van der Waals surface area (Å²) >= 11 is 0. The van der Waals surface area contributed by atoms with Crippen molar-refractivity contribution in [3.63, 3.8) is 0 Å². The fourth-order valence-electron chi connectivity index (χ4n) is 3.55. The molecule has 24 heavy (non-hydrogen) atoms. The highest BCUT2D eigenvalue weighted by Gasteiger charge is 2.10. The van der Waals surface area contributed by atoms with E-state index in [-0.39, 0.29) is 0 Å². The van der Waals surface area contributed by atoms with Crippen LogP contribution in [0.4, 0.5) is 0 Å². The zero-order valence-electron chi connectivity index (χ0n) is 13.4. The van der Waals surface area contributed by atoms with E-state index in [1.807, 2.05) is 12.1 Å². The zero-order valence-corrected chi connectivity index (χ0v) is 13.4. The average molecular weight is 308 g/mol. The molecule has 0 saturated carbocycles. The second-order valence-corrected chi connectivity index (χ2v) is 6.32.